The molecular weight excluding hydrogens is 319 g/mol. The molecule has 1 aliphatic rings. The largest absolute Gasteiger partial charge is 0.466 e. The number of hydrogen-bond donors (Lipinski definition) is 1. The third-order valence-corrected chi connectivity index (χ3v) is 4.88. The third kappa shape index (κ3) is 4.50. The molecule has 1 fully saturated rings. The fraction of sp³-hybridized carbons (Fsp3) is 0.611. The molecule has 0 bridgehead atoms. The normalized spacial score (nSPS) is 22.2. The number of carbonyl (C=O) groups is 1. The van der Waals surface area contributed by atoms with Gasteiger partial charge in [-0.2, -0.15) is 0 Å². The van der Waals surface area contributed by atoms with Crippen LogP contribution in [-0.2, 0) is 16.0 Å². The van der Waals surface area contributed by atoms with Crippen molar-refractivity contribution in [2.24, 2.45) is 23.5 Å². The van der Waals surface area contributed by atoms with Crippen molar-refractivity contribution < 1.29 is 22.7 Å². The molecule has 0 spiro atoms. The average Bonchev–Trinajstić information content (AvgIpc) is 2.57. The van der Waals surface area contributed by atoms with Crippen molar-refractivity contribution in [3.8, 4) is 0 Å². The molecule has 0 amide bonds. The molecule has 134 valence electrons. The minimum Gasteiger partial charge on any atom is -0.466 e. The third-order valence-electron chi connectivity index (χ3n) is 4.88. The average molecular weight is 343 g/mol. The Labute approximate surface area is 140 Å². The molecule has 6 heteroatoms. The van der Waals surface area contributed by atoms with Crippen molar-refractivity contribution in [3.05, 3.63) is 35.1 Å². The Bertz CT molecular complexity index is 548. The maximum absolute atomic E-state index is 13.4. The summed E-state index contributed by atoms with van der Waals surface area (Å²) in [5.41, 5.74) is 5.96. The fourth-order valence-corrected chi connectivity index (χ4v) is 3.50. The zero-order chi connectivity index (χ0) is 17.7. The lowest BCUT2D eigenvalue weighted by molar-refractivity contribution is -0.150. The van der Waals surface area contributed by atoms with Crippen LogP contribution in [0.1, 0.15) is 38.2 Å². The minimum absolute atomic E-state index is 0.0861. The molecule has 0 aliphatic heterocycles. The number of nitrogens with two attached hydrogens (primary N) is 1. The molecule has 24 heavy (non-hydrogen) atoms. The van der Waals surface area contributed by atoms with Gasteiger partial charge in [-0.1, -0.05) is 0 Å². The van der Waals surface area contributed by atoms with Crippen molar-refractivity contribution in [1.29, 1.82) is 0 Å². The Balaban J connectivity index is 2.16. The lowest BCUT2D eigenvalue weighted by Crippen LogP contribution is -2.32. The maximum Gasteiger partial charge on any atom is 0.309 e. The van der Waals surface area contributed by atoms with E-state index in [1.807, 2.05) is 0 Å². The topological polar surface area (TPSA) is 52.3 Å². The summed E-state index contributed by atoms with van der Waals surface area (Å²) in [7, 11) is 0. The molecule has 0 aromatic heterocycles. The molecule has 1 saturated carbocycles. The Morgan fingerprint density at radius 3 is 2.29 bits per heavy atom. The summed E-state index contributed by atoms with van der Waals surface area (Å²) in [4.78, 5) is 12.3. The molecule has 2 N–H and O–H groups in total. The van der Waals surface area contributed by atoms with E-state index in [2.05, 4.69) is 0 Å². The molecule has 1 aliphatic carbocycles. The van der Waals surface area contributed by atoms with E-state index >= 15 is 0 Å². The molecule has 0 heterocycles. The van der Waals surface area contributed by atoms with Crippen LogP contribution in [0.3, 0.4) is 0 Å². The predicted molar refractivity (Wildman–Crippen MR) is 84.6 cm³/mol. The summed E-state index contributed by atoms with van der Waals surface area (Å²) in [5.74, 6) is -4.26. The molecule has 3 nitrogen and oxygen atoms in total. The quantitative estimate of drug-likeness (QED) is 0.634. The number of benzene rings is 1. The number of rotatable bonds is 6. The van der Waals surface area contributed by atoms with Gasteiger partial charge in [0.1, 0.15) is 0 Å². The van der Waals surface area contributed by atoms with Gasteiger partial charge in [-0.15, -0.1) is 0 Å². The Morgan fingerprint density at radius 2 is 1.79 bits per heavy atom. The smallest absolute Gasteiger partial charge is 0.309 e. The van der Waals surface area contributed by atoms with E-state index in [0.29, 0.717) is 12.5 Å². The van der Waals surface area contributed by atoms with Gasteiger partial charge in [-0.05, 0) is 75.1 Å². The zero-order valence-electron chi connectivity index (χ0n) is 13.9. The van der Waals surface area contributed by atoms with E-state index in [1.54, 1.807) is 6.92 Å². The molecule has 1 aromatic rings. The van der Waals surface area contributed by atoms with E-state index in [9.17, 15) is 18.0 Å². The minimum atomic E-state index is -1.49. The highest BCUT2D eigenvalue weighted by Gasteiger charge is 2.33. The van der Waals surface area contributed by atoms with Crippen LogP contribution in [-0.4, -0.2) is 19.1 Å². The Hall–Kier alpha value is -1.56. The molecule has 1 unspecified atom stereocenters. The van der Waals surface area contributed by atoms with Crippen LogP contribution in [0, 0.1) is 35.2 Å². The van der Waals surface area contributed by atoms with Crippen LogP contribution in [0.4, 0.5) is 13.2 Å². The second-order valence-electron chi connectivity index (χ2n) is 6.45. The van der Waals surface area contributed by atoms with E-state index in [4.69, 9.17) is 10.5 Å². The summed E-state index contributed by atoms with van der Waals surface area (Å²) in [6.07, 6.45) is 3.67. The van der Waals surface area contributed by atoms with Crippen molar-refractivity contribution in [1.82, 2.24) is 0 Å². The monoisotopic (exact) mass is 343 g/mol. The maximum atomic E-state index is 13.4. The van der Waals surface area contributed by atoms with Gasteiger partial charge in [0.2, 0.25) is 0 Å². The Kier molecular flexibility index (Phi) is 6.66. The number of carbonyl (C=O) groups excluding carboxylic acids is 1. The van der Waals surface area contributed by atoms with Crippen LogP contribution in [0.15, 0.2) is 12.1 Å². The van der Waals surface area contributed by atoms with Gasteiger partial charge >= 0.3 is 5.97 Å². The van der Waals surface area contributed by atoms with Gasteiger partial charge < -0.3 is 10.5 Å². The van der Waals surface area contributed by atoms with E-state index in [1.165, 1.54) is 0 Å². The van der Waals surface area contributed by atoms with Crippen LogP contribution in [0.25, 0.3) is 0 Å². The van der Waals surface area contributed by atoms with Crippen LogP contribution in [0.5, 0.6) is 0 Å². The lowest BCUT2D eigenvalue weighted by Gasteiger charge is -2.32. The van der Waals surface area contributed by atoms with Gasteiger partial charge in [0.25, 0.3) is 0 Å². The second-order valence-corrected chi connectivity index (χ2v) is 6.45. The summed E-state index contributed by atoms with van der Waals surface area (Å²) in [6.45, 7) is 2.60. The van der Waals surface area contributed by atoms with E-state index in [0.717, 1.165) is 37.8 Å². The van der Waals surface area contributed by atoms with Crippen LogP contribution in [0.2, 0.25) is 0 Å². The van der Waals surface area contributed by atoms with Gasteiger partial charge in [0, 0.05) is 0 Å². The van der Waals surface area contributed by atoms with Crippen molar-refractivity contribution in [2.45, 2.75) is 39.0 Å². The first-order chi connectivity index (χ1) is 11.5. The first-order valence-electron chi connectivity index (χ1n) is 8.46. The van der Waals surface area contributed by atoms with Crippen molar-refractivity contribution >= 4 is 5.97 Å². The SMILES string of the molecule is CCOC(=O)C(Cc1cc(F)c(F)c(F)c1)C1CCC(CN)CC1. The second kappa shape index (κ2) is 8.51. The summed E-state index contributed by atoms with van der Waals surface area (Å²) in [5, 5.41) is 0. The Morgan fingerprint density at radius 1 is 1.21 bits per heavy atom. The highest BCUT2D eigenvalue weighted by Crippen LogP contribution is 2.35. The number of halogens is 3. The first kappa shape index (κ1) is 18.8. The van der Waals surface area contributed by atoms with Gasteiger partial charge in [0.05, 0.1) is 12.5 Å². The highest BCUT2D eigenvalue weighted by molar-refractivity contribution is 5.73. The fourth-order valence-electron chi connectivity index (χ4n) is 3.50. The summed E-state index contributed by atoms with van der Waals surface area (Å²) in [6, 6.07) is 1.91. The molecule has 0 radical (unpaired) electrons. The molecule has 2 rings (SSSR count). The zero-order valence-corrected chi connectivity index (χ0v) is 13.9. The number of hydrogen-bond acceptors (Lipinski definition) is 3. The highest BCUT2D eigenvalue weighted by atomic mass is 19.2. The van der Waals surface area contributed by atoms with Gasteiger partial charge in [-0.3, -0.25) is 4.79 Å². The summed E-state index contributed by atoms with van der Waals surface area (Å²) < 4.78 is 45.1. The molecule has 1 aromatic carbocycles. The van der Waals surface area contributed by atoms with Crippen LogP contribution < -0.4 is 5.73 Å². The van der Waals surface area contributed by atoms with Gasteiger partial charge in [0.15, 0.2) is 17.5 Å². The van der Waals surface area contributed by atoms with E-state index in [-0.39, 0.29) is 30.5 Å². The lowest BCUT2D eigenvalue weighted by atomic mass is 9.74. The predicted octanol–water partition coefficient (Wildman–Crippen LogP) is 3.59. The summed E-state index contributed by atoms with van der Waals surface area (Å²) >= 11 is 0. The van der Waals surface area contributed by atoms with E-state index < -0.39 is 23.4 Å². The van der Waals surface area contributed by atoms with Gasteiger partial charge in [-0.25, -0.2) is 13.2 Å². The molecular formula is C18H24F3NO2. The molecule has 1 atom stereocenters. The number of ether oxygens (including phenoxy) is 1. The molecule has 0 saturated heterocycles. The van der Waals surface area contributed by atoms with Crippen molar-refractivity contribution in [3.63, 3.8) is 0 Å². The first-order valence-corrected chi connectivity index (χ1v) is 8.46. The number of esters is 1. The van der Waals surface area contributed by atoms with Crippen molar-refractivity contribution in [2.75, 3.05) is 13.2 Å². The standard InChI is InChI=1S/C18H24F3NO2/c1-2-24-18(23)14(13-5-3-11(10-22)4-6-13)7-12-8-15(19)17(21)16(20)9-12/h8-9,11,13-14H,2-7,10,22H2,1H3. The van der Waals surface area contributed by atoms with Crippen LogP contribution >= 0.6 is 0 Å².